The summed E-state index contributed by atoms with van der Waals surface area (Å²) in [7, 11) is -3.41. The number of piperidine rings is 1. The summed E-state index contributed by atoms with van der Waals surface area (Å²) in [4.78, 5) is 30.0. The van der Waals surface area contributed by atoms with Gasteiger partial charge in [-0.15, -0.1) is 0 Å². The number of rotatable bonds is 7. The molecule has 34 heavy (non-hydrogen) atoms. The zero-order valence-corrected chi connectivity index (χ0v) is 19.7. The fourth-order valence-corrected chi connectivity index (χ4v) is 4.20. The smallest absolute Gasteiger partial charge is 0.351 e. The van der Waals surface area contributed by atoms with Crippen LogP contribution in [-0.4, -0.2) is 57.8 Å². The van der Waals surface area contributed by atoms with E-state index in [2.05, 4.69) is 30.4 Å². The highest BCUT2D eigenvalue weighted by molar-refractivity contribution is 7.90. The SMILES string of the molecule is CC(C)c1noc(C2CCN(c3ncnc(Nc4ccc(S(C)(=O)=O)cn4)c3[N+](=O)[O-])CC2)n1. The van der Waals surface area contributed by atoms with Gasteiger partial charge in [-0.25, -0.2) is 23.4 Å². The van der Waals surface area contributed by atoms with Crippen molar-refractivity contribution in [2.45, 2.75) is 43.4 Å². The topological polar surface area (TPSA) is 170 Å². The van der Waals surface area contributed by atoms with Crippen molar-refractivity contribution in [3.05, 3.63) is 46.5 Å². The lowest BCUT2D eigenvalue weighted by Gasteiger charge is -2.30. The van der Waals surface area contributed by atoms with Gasteiger partial charge in [-0.3, -0.25) is 10.1 Å². The summed E-state index contributed by atoms with van der Waals surface area (Å²) in [5.41, 5.74) is -0.283. The normalized spacial score (nSPS) is 15.0. The van der Waals surface area contributed by atoms with Gasteiger partial charge in [-0.1, -0.05) is 19.0 Å². The Hall–Kier alpha value is -3.68. The molecule has 3 aromatic heterocycles. The number of sulfone groups is 1. The van der Waals surface area contributed by atoms with Crippen molar-refractivity contribution in [1.82, 2.24) is 25.1 Å². The molecule has 4 rings (SSSR count). The Balaban J connectivity index is 1.53. The molecule has 14 heteroatoms. The molecular weight excluding hydrogens is 464 g/mol. The average molecular weight is 489 g/mol. The Morgan fingerprint density at radius 3 is 2.50 bits per heavy atom. The Bertz CT molecular complexity index is 1280. The molecular formula is C20H24N8O5S. The molecule has 0 aliphatic carbocycles. The lowest BCUT2D eigenvalue weighted by atomic mass is 9.96. The van der Waals surface area contributed by atoms with Crippen LogP contribution in [0.2, 0.25) is 0 Å². The molecule has 0 unspecified atom stereocenters. The summed E-state index contributed by atoms with van der Waals surface area (Å²) in [6.45, 7) is 5.02. The zero-order chi connectivity index (χ0) is 24.5. The van der Waals surface area contributed by atoms with Gasteiger partial charge in [-0.2, -0.15) is 4.98 Å². The third kappa shape index (κ3) is 4.95. The number of hydrogen-bond donors (Lipinski definition) is 1. The minimum atomic E-state index is -3.41. The highest BCUT2D eigenvalue weighted by atomic mass is 32.2. The minimum Gasteiger partial charge on any atom is -0.351 e. The minimum absolute atomic E-state index is 0.0322. The van der Waals surface area contributed by atoms with E-state index >= 15 is 0 Å². The van der Waals surface area contributed by atoms with Crippen molar-refractivity contribution in [2.24, 2.45) is 0 Å². The molecule has 3 aromatic rings. The number of nitrogens with one attached hydrogen (secondary N) is 1. The molecule has 1 aliphatic rings. The molecule has 0 bridgehead atoms. The van der Waals surface area contributed by atoms with E-state index in [-0.39, 0.29) is 39.9 Å². The Labute approximate surface area is 195 Å². The third-order valence-electron chi connectivity index (χ3n) is 5.51. The first-order chi connectivity index (χ1) is 16.1. The summed E-state index contributed by atoms with van der Waals surface area (Å²) in [5.74, 6) is 1.88. The van der Waals surface area contributed by atoms with Crippen molar-refractivity contribution in [3.8, 4) is 0 Å². The van der Waals surface area contributed by atoms with Crippen LogP contribution in [-0.2, 0) is 9.84 Å². The third-order valence-corrected chi connectivity index (χ3v) is 6.61. The number of nitro groups is 1. The highest BCUT2D eigenvalue weighted by Gasteiger charge is 2.32. The lowest BCUT2D eigenvalue weighted by Crippen LogP contribution is -2.34. The van der Waals surface area contributed by atoms with Crippen LogP contribution >= 0.6 is 0 Å². The fourth-order valence-electron chi connectivity index (χ4n) is 3.64. The van der Waals surface area contributed by atoms with E-state index in [9.17, 15) is 18.5 Å². The van der Waals surface area contributed by atoms with Gasteiger partial charge in [0.2, 0.25) is 17.5 Å². The maximum atomic E-state index is 11.9. The number of anilines is 3. The quantitative estimate of drug-likeness (QED) is 0.381. The zero-order valence-electron chi connectivity index (χ0n) is 18.9. The van der Waals surface area contributed by atoms with E-state index in [4.69, 9.17) is 4.52 Å². The molecule has 0 atom stereocenters. The summed E-state index contributed by atoms with van der Waals surface area (Å²) in [6, 6.07) is 2.79. The van der Waals surface area contributed by atoms with E-state index in [0.717, 1.165) is 6.26 Å². The lowest BCUT2D eigenvalue weighted by molar-refractivity contribution is -0.383. The van der Waals surface area contributed by atoms with Crippen LogP contribution in [0, 0.1) is 10.1 Å². The largest absolute Gasteiger partial charge is 0.353 e. The van der Waals surface area contributed by atoms with Crippen molar-refractivity contribution in [3.63, 3.8) is 0 Å². The molecule has 13 nitrogen and oxygen atoms in total. The van der Waals surface area contributed by atoms with E-state index in [0.29, 0.717) is 37.6 Å². The van der Waals surface area contributed by atoms with Gasteiger partial charge < -0.3 is 14.7 Å². The van der Waals surface area contributed by atoms with Crippen LogP contribution in [0.25, 0.3) is 0 Å². The summed E-state index contributed by atoms with van der Waals surface area (Å²) >= 11 is 0. The Morgan fingerprint density at radius 2 is 1.94 bits per heavy atom. The fraction of sp³-hybridized carbons (Fsp3) is 0.450. The Morgan fingerprint density at radius 1 is 1.21 bits per heavy atom. The molecule has 0 aromatic carbocycles. The van der Waals surface area contributed by atoms with Crippen molar-refractivity contribution in [2.75, 3.05) is 29.6 Å². The standard InChI is InChI=1S/C20H24N8O5S/c1-12(2)17-25-20(33-26-17)13-6-8-27(9-7-13)19-16(28(29)30)18(22-11-23-19)24-15-5-4-14(10-21-15)34(3,31)32/h4-5,10-13H,6-9H2,1-3H3,(H,21,22,23,24). The second-order valence-corrected chi connectivity index (χ2v) is 10.4. The monoisotopic (exact) mass is 488 g/mol. The molecule has 0 spiro atoms. The van der Waals surface area contributed by atoms with Crippen LogP contribution < -0.4 is 10.2 Å². The van der Waals surface area contributed by atoms with Crippen LogP contribution in [0.3, 0.4) is 0 Å². The van der Waals surface area contributed by atoms with Crippen molar-refractivity contribution >= 4 is 33.0 Å². The Kier molecular flexibility index (Phi) is 6.41. The molecule has 180 valence electrons. The first-order valence-corrected chi connectivity index (χ1v) is 12.5. The van der Waals surface area contributed by atoms with Gasteiger partial charge in [0.25, 0.3) is 0 Å². The first kappa shape index (κ1) is 23.5. The number of hydrogen-bond acceptors (Lipinski definition) is 12. The van der Waals surface area contributed by atoms with Gasteiger partial charge in [0, 0.05) is 37.4 Å². The second-order valence-electron chi connectivity index (χ2n) is 8.33. The van der Waals surface area contributed by atoms with Gasteiger partial charge in [0.1, 0.15) is 12.1 Å². The van der Waals surface area contributed by atoms with E-state index in [1.165, 1.54) is 24.7 Å². The van der Waals surface area contributed by atoms with Gasteiger partial charge in [-0.05, 0) is 25.0 Å². The van der Waals surface area contributed by atoms with Crippen molar-refractivity contribution in [1.29, 1.82) is 0 Å². The van der Waals surface area contributed by atoms with Crippen LogP contribution in [0.5, 0.6) is 0 Å². The number of aromatic nitrogens is 5. The maximum absolute atomic E-state index is 11.9. The van der Waals surface area contributed by atoms with Crippen molar-refractivity contribution < 1.29 is 17.9 Å². The molecule has 1 N–H and O–H groups in total. The molecule has 1 saturated heterocycles. The van der Waals surface area contributed by atoms with Crippen LogP contribution in [0.1, 0.15) is 50.2 Å². The second kappa shape index (κ2) is 9.29. The average Bonchev–Trinajstić information content (AvgIpc) is 3.29. The maximum Gasteiger partial charge on any atom is 0.353 e. The predicted molar refractivity (Wildman–Crippen MR) is 122 cm³/mol. The summed E-state index contributed by atoms with van der Waals surface area (Å²) < 4.78 is 28.7. The molecule has 4 heterocycles. The van der Waals surface area contributed by atoms with Crippen LogP contribution in [0.4, 0.5) is 23.1 Å². The predicted octanol–water partition coefficient (Wildman–Crippen LogP) is 2.82. The van der Waals surface area contributed by atoms with Crippen LogP contribution in [0.15, 0.2) is 34.1 Å². The summed E-state index contributed by atoms with van der Waals surface area (Å²) in [5, 5.41) is 18.8. The highest BCUT2D eigenvalue weighted by Crippen LogP contribution is 2.37. The van der Waals surface area contributed by atoms with Gasteiger partial charge in [0.15, 0.2) is 15.7 Å². The van der Waals surface area contributed by atoms with Gasteiger partial charge in [0.05, 0.1) is 9.82 Å². The molecule has 0 saturated carbocycles. The molecule has 0 radical (unpaired) electrons. The molecule has 1 fully saturated rings. The molecule has 0 amide bonds. The van der Waals surface area contributed by atoms with E-state index in [1.807, 2.05) is 18.7 Å². The van der Waals surface area contributed by atoms with Gasteiger partial charge >= 0.3 is 5.69 Å². The van der Waals surface area contributed by atoms with E-state index in [1.54, 1.807) is 0 Å². The first-order valence-electron chi connectivity index (χ1n) is 10.6. The number of pyridine rings is 1. The summed E-state index contributed by atoms with van der Waals surface area (Å²) in [6.07, 6.45) is 4.85. The van der Waals surface area contributed by atoms with E-state index < -0.39 is 14.8 Å². The molecule has 1 aliphatic heterocycles. The number of nitrogens with zero attached hydrogens (tertiary/aromatic N) is 7.